The van der Waals surface area contributed by atoms with Crippen LogP contribution in [0.2, 0.25) is 0 Å². The van der Waals surface area contributed by atoms with Crippen molar-refractivity contribution in [1.29, 1.82) is 5.26 Å². The third-order valence-corrected chi connectivity index (χ3v) is 4.85. The van der Waals surface area contributed by atoms with Crippen LogP contribution in [0, 0.1) is 23.1 Å². The molecule has 26 heavy (non-hydrogen) atoms. The lowest BCUT2D eigenvalue weighted by Gasteiger charge is -2.34. The fourth-order valence-electron chi connectivity index (χ4n) is 3.46. The van der Waals surface area contributed by atoms with Crippen LogP contribution in [-0.4, -0.2) is 38.4 Å². The highest BCUT2D eigenvalue weighted by Gasteiger charge is 2.32. The Bertz CT molecular complexity index is 760. The van der Waals surface area contributed by atoms with E-state index in [1.807, 2.05) is 11.8 Å². The number of nitrogens with two attached hydrogens (primary N) is 1. The van der Waals surface area contributed by atoms with E-state index in [1.165, 1.54) is 11.0 Å². The summed E-state index contributed by atoms with van der Waals surface area (Å²) in [5.41, 5.74) is 4.54. The van der Waals surface area contributed by atoms with Crippen molar-refractivity contribution in [3.05, 3.63) is 35.7 Å². The molecule has 2 aliphatic heterocycles. The van der Waals surface area contributed by atoms with Gasteiger partial charge in [-0.05, 0) is 30.5 Å². The van der Waals surface area contributed by atoms with E-state index in [-0.39, 0.29) is 17.8 Å². The molecular formula is C18H22FN5O2. The Labute approximate surface area is 151 Å². The molecule has 7 nitrogen and oxygen atoms in total. The minimum absolute atomic E-state index is 0.195. The number of ether oxygens (including phenoxy) is 1. The van der Waals surface area contributed by atoms with E-state index in [9.17, 15) is 9.18 Å². The number of nitriles is 1. The van der Waals surface area contributed by atoms with Crippen molar-refractivity contribution in [2.75, 3.05) is 36.0 Å². The van der Waals surface area contributed by atoms with Crippen LogP contribution >= 0.6 is 0 Å². The summed E-state index contributed by atoms with van der Waals surface area (Å²) >= 11 is 0. The minimum atomic E-state index is -0.504. The van der Waals surface area contributed by atoms with Crippen LogP contribution in [0.1, 0.15) is 13.3 Å². The fourth-order valence-corrected chi connectivity index (χ4v) is 3.46. The van der Waals surface area contributed by atoms with Crippen LogP contribution in [-0.2, 0) is 4.74 Å². The summed E-state index contributed by atoms with van der Waals surface area (Å²) in [4.78, 5) is 15.3. The van der Waals surface area contributed by atoms with Gasteiger partial charge in [0.15, 0.2) is 0 Å². The Morgan fingerprint density at radius 2 is 2.31 bits per heavy atom. The molecule has 1 unspecified atom stereocenters. The second kappa shape index (κ2) is 7.72. The normalized spacial score (nSPS) is 24.7. The quantitative estimate of drug-likeness (QED) is 0.484. The zero-order chi connectivity index (χ0) is 18.7. The van der Waals surface area contributed by atoms with Crippen molar-refractivity contribution in [1.82, 2.24) is 5.43 Å². The molecule has 0 aromatic heterocycles. The lowest BCUT2D eigenvalue weighted by atomic mass is 9.92. The first kappa shape index (κ1) is 18.2. The Balaban J connectivity index is 1.74. The zero-order valence-corrected chi connectivity index (χ0v) is 14.6. The van der Waals surface area contributed by atoms with Crippen molar-refractivity contribution in [2.45, 2.75) is 19.4 Å². The number of hydrogen-bond donors (Lipinski definition) is 2. The number of carbonyl (C=O) groups excluding carboxylic acids is 1. The molecular weight excluding hydrogens is 337 g/mol. The van der Waals surface area contributed by atoms with Crippen LogP contribution in [0.5, 0.6) is 0 Å². The average Bonchev–Trinajstić information content (AvgIpc) is 2.97. The summed E-state index contributed by atoms with van der Waals surface area (Å²) in [5.74, 6) is 5.07. The molecule has 3 N–H and O–H groups in total. The maximum Gasteiger partial charge on any atom is 0.414 e. The van der Waals surface area contributed by atoms with Gasteiger partial charge >= 0.3 is 6.09 Å². The monoisotopic (exact) mass is 359 g/mol. The maximum absolute atomic E-state index is 14.7. The van der Waals surface area contributed by atoms with Crippen LogP contribution in [0.4, 0.5) is 20.6 Å². The molecule has 0 spiro atoms. The van der Waals surface area contributed by atoms with Gasteiger partial charge in [-0.3, -0.25) is 16.2 Å². The van der Waals surface area contributed by atoms with Crippen molar-refractivity contribution in [2.24, 2.45) is 11.8 Å². The number of carbonyl (C=O) groups is 1. The first-order valence-electron chi connectivity index (χ1n) is 8.58. The second-order valence-corrected chi connectivity index (χ2v) is 6.61. The topological polar surface area (TPSA) is 94.6 Å². The minimum Gasteiger partial charge on any atom is -0.443 e. The summed E-state index contributed by atoms with van der Waals surface area (Å²) in [7, 11) is 0. The van der Waals surface area contributed by atoms with Gasteiger partial charge in [0.2, 0.25) is 0 Å². The third-order valence-electron chi connectivity index (χ3n) is 4.85. The Morgan fingerprint density at radius 1 is 1.50 bits per heavy atom. The van der Waals surface area contributed by atoms with Gasteiger partial charge in [-0.15, -0.1) is 0 Å². The van der Waals surface area contributed by atoms with Gasteiger partial charge in [0.25, 0.3) is 0 Å². The number of halogens is 1. The Kier molecular flexibility index (Phi) is 5.40. The standard InChI is InChI=1S/C18H22FN5O2/c1-12-10-23(7-5-13(12)4-6-20)17-3-2-14(8-16(17)19)24-11-15(9-22-21)26-18(24)25/h2-4,8,12,15,22H,5,7,9-11,21H2,1H3/b13-4+/t12?,15-/m0/s1. The maximum atomic E-state index is 14.7. The fraction of sp³-hybridized carbons (Fsp3) is 0.444. The summed E-state index contributed by atoms with van der Waals surface area (Å²) in [6, 6.07) is 6.85. The SMILES string of the molecule is CC1CN(c2ccc(N3C[C@H](CNN)OC3=O)cc2F)CC/C1=C\C#N. The van der Waals surface area contributed by atoms with Crippen LogP contribution in [0.25, 0.3) is 0 Å². The predicted octanol–water partition coefficient (Wildman–Crippen LogP) is 1.91. The number of hydrazine groups is 1. The number of allylic oxidation sites excluding steroid dienone is 1. The number of rotatable bonds is 4. The Morgan fingerprint density at radius 3 is 2.96 bits per heavy atom. The van der Waals surface area contributed by atoms with Gasteiger partial charge in [0.05, 0.1) is 24.0 Å². The molecule has 2 saturated heterocycles. The van der Waals surface area contributed by atoms with E-state index in [2.05, 4.69) is 11.5 Å². The first-order chi connectivity index (χ1) is 12.5. The molecule has 1 aromatic rings. The molecule has 1 amide bonds. The molecule has 2 aliphatic rings. The van der Waals surface area contributed by atoms with Gasteiger partial charge < -0.3 is 9.64 Å². The number of anilines is 2. The highest BCUT2D eigenvalue weighted by atomic mass is 19.1. The molecule has 8 heteroatoms. The second-order valence-electron chi connectivity index (χ2n) is 6.61. The molecule has 138 valence electrons. The van der Waals surface area contributed by atoms with E-state index in [1.54, 1.807) is 18.2 Å². The van der Waals surface area contributed by atoms with Crippen molar-refractivity contribution < 1.29 is 13.9 Å². The average molecular weight is 359 g/mol. The Hall–Kier alpha value is -2.63. The van der Waals surface area contributed by atoms with Gasteiger partial charge in [-0.1, -0.05) is 12.5 Å². The molecule has 2 atom stereocenters. The summed E-state index contributed by atoms with van der Waals surface area (Å²) < 4.78 is 19.9. The van der Waals surface area contributed by atoms with E-state index in [0.29, 0.717) is 37.6 Å². The van der Waals surface area contributed by atoms with Crippen LogP contribution < -0.4 is 21.1 Å². The number of nitrogens with one attached hydrogen (secondary N) is 1. The first-order valence-corrected chi connectivity index (χ1v) is 8.58. The van der Waals surface area contributed by atoms with E-state index in [0.717, 1.165) is 12.0 Å². The number of amides is 1. The molecule has 2 fully saturated rings. The van der Waals surface area contributed by atoms with Crippen molar-refractivity contribution >= 4 is 17.5 Å². The largest absolute Gasteiger partial charge is 0.443 e. The van der Waals surface area contributed by atoms with E-state index < -0.39 is 6.09 Å². The summed E-state index contributed by atoms with van der Waals surface area (Å²) in [5, 5.41) is 8.82. The zero-order valence-electron chi connectivity index (χ0n) is 14.6. The third kappa shape index (κ3) is 3.64. The smallest absolute Gasteiger partial charge is 0.414 e. The summed E-state index contributed by atoms with van der Waals surface area (Å²) in [6.07, 6.45) is 1.47. The van der Waals surface area contributed by atoms with E-state index in [4.69, 9.17) is 15.8 Å². The number of hydrogen-bond acceptors (Lipinski definition) is 6. The van der Waals surface area contributed by atoms with Gasteiger partial charge in [-0.25, -0.2) is 9.18 Å². The molecule has 0 aliphatic carbocycles. The van der Waals surface area contributed by atoms with Crippen LogP contribution in [0.15, 0.2) is 29.8 Å². The molecule has 0 saturated carbocycles. The number of benzene rings is 1. The van der Waals surface area contributed by atoms with E-state index >= 15 is 0 Å². The lowest BCUT2D eigenvalue weighted by molar-refractivity contribution is 0.140. The highest BCUT2D eigenvalue weighted by Crippen LogP contribution is 2.31. The molecule has 1 aromatic carbocycles. The van der Waals surface area contributed by atoms with Gasteiger partial charge in [0.1, 0.15) is 11.9 Å². The number of cyclic esters (lactones) is 1. The lowest BCUT2D eigenvalue weighted by Crippen LogP contribution is -2.36. The number of piperidine rings is 1. The summed E-state index contributed by atoms with van der Waals surface area (Å²) in [6.45, 7) is 4.01. The van der Waals surface area contributed by atoms with Crippen LogP contribution in [0.3, 0.4) is 0 Å². The molecule has 0 bridgehead atoms. The van der Waals surface area contributed by atoms with Crippen molar-refractivity contribution in [3.63, 3.8) is 0 Å². The molecule has 0 radical (unpaired) electrons. The molecule has 2 heterocycles. The van der Waals surface area contributed by atoms with Gasteiger partial charge in [-0.2, -0.15) is 5.26 Å². The van der Waals surface area contributed by atoms with Crippen molar-refractivity contribution in [3.8, 4) is 6.07 Å². The highest BCUT2D eigenvalue weighted by molar-refractivity contribution is 5.90. The predicted molar refractivity (Wildman–Crippen MR) is 95.9 cm³/mol. The number of nitrogens with zero attached hydrogens (tertiary/aromatic N) is 3. The van der Waals surface area contributed by atoms with Gasteiger partial charge in [0, 0.05) is 25.7 Å². The molecule has 3 rings (SSSR count).